The third-order valence-electron chi connectivity index (χ3n) is 3.74. The van der Waals surface area contributed by atoms with Gasteiger partial charge in [0, 0.05) is 31.2 Å². The molecule has 1 aliphatic rings. The van der Waals surface area contributed by atoms with Crippen molar-refractivity contribution in [2.45, 2.75) is 13.8 Å². The van der Waals surface area contributed by atoms with Gasteiger partial charge in [-0.25, -0.2) is 4.68 Å². The lowest BCUT2D eigenvalue weighted by molar-refractivity contribution is 0.587. The van der Waals surface area contributed by atoms with E-state index in [1.165, 1.54) is 11.4 Å². The van der Waals surface area contributed by atoms with Crippen molar-refractivity contribution < 1.29 is 0 Å². The van der Waals surface area contributed by atoms with E-state index < -0.39 is 0 Å². The van der Waals surface area contributed by atoms with Crippen molar-refractivity contribution in [2.75, 3.05) is 31.1 Å². The zero-order valence-electron chi connectivity index (χ0n) is 11.9. The fraction of sp³-hybridized carbons (Fsp3) is 0.400. The van der Waals surface area contributed by atoms with E-state index in [4.69, 9.17) is 16.7 Å². The zero-order valence-corrected chi connectivity index (χ0v) is 12.6. The molecule has 1 N–H and O–H groups in total. The molecule has 0 saturated carbocycles. The monoisotopic (exact) mass is 290 g/mol. The summed E-state index contributed by atoms with van der Waals surface area (Å²) in [6.45, 7) is 8.32. The lowest BCUT2D eigenvalue weighted by Crippen LogP contribution is -2.43. The second-order valence-electron chi connectivity index (χ2n) is 5.15. The molecule has 3 rings (SSSR count). The highest BCUT2D eigenvalue weighted by atomic mass is 35.5. The van der Waals surface area contributed by atoms with E-state index in [1.54, 1.807) is 0 Å². The average Bonchev–Trinajstić information content (AvgIpc) is 2.75. The van der Waals surface area contributed by atoms with Crippen molar-refractivity contribution in [3.8, 4) is 5.69 Å². The Bertz CT molecular complexity index is 614. The van der Waals surface area contributed by atoms with Gasteiger partial charge in [0.25, 0.3) is 0 Å². The molecule has 106 valence electrons. The van der Waals surface area contributed by atoms with Crippen LogP contribution in [0.5, 0.6) is 0 Å². The summed E-state index contributed by atoms with van der Waals surface area (Å²) < 4.78 is 1.98. The normalized spacial score (nSPS) is 15.7. The number of anilines is 1. The van der Waals surface area contributed by atoms with Gasteiger partial charge in [0.05, 0.1) is 22.8 Å². The Morgan fingerprint density at radius 3 is 2.65 bits per heavy atom. The number of aryl methyl sites for hydroxylation is 1. The van der Waals surface area contributed by atoms with Crippen LogP contribution in [-0.4, -0.2) is 36.0 Å². The molecular weight excluding hydrogens is 272 g/mol. The van der Waals surface area contributed by atoms with Crippen molar-refractivity contribution in [2.24, 2.45) is 0 Å². The largest absolute Gasteiger partial charge is 0.366 e. The van der Waals surface area contributed by atoms with Crippen molar-refractivity contribution in [3.63, 3.8) is 0 Å². The van der Waals surface area contributed by atoms with Crippen molar-refractivity contribution in [1.29, 1.82) is 0 Å². The average molecular weight is 291 g/mol. The van der Waals surface area contributed by atoms with Crippen molar-refractivity contribution in [1.82, 2.24) is 15.1 Å². The molecular formula is C15H19ClN4. The van der Waals surface area contributed by atoms with Gasteiger partial charge in [-0.05, 0) is 32.0 Å². The first kappa shape index (κ1) is 13.5. The molecule has 0 atom stereocenters. The van der Waals surface area contributed by atoms with Gasteiger partial charge in [-0.15, -0.1) is 0 Å². The molecule has 1 fully saturated rings. The Morgan fingerprint density at radius 2 is 1.95 bits per heavy atom. The standard InChI is InChI=1S/C15H19ClN4/c1-11-15(19-8-6-17-7-9-19)12(2)20(18-11)14-5-3-4-13(16)10-14/h3-5,10,17H,6-9H2,1-2H3. The number of piperazine rings is 1. The number of hydrogen-bond acceptors (Lipinski definition) is 3. The SMILES string of the molecule is Cc1nn(-c2cccc(Cl)c2)c(C)c1N1CCNCC1. The van der Waals surface area contributed by atoms with Crippen LogP contribution in [-0.2, 0) is 0 Å². The van der Waals surface area contributed by atoms with Crippen LogP contribution in [0.2, 0.25) is 5.02 Å². The van der Waals surface area contributed by atoms with Crippen LogP contribution in [0.1, 0.15) is 11.4 Å². The predicted molar refractivity (Wildman–Crippen MR) is 83.1 cm³/mol. The molecule has 0 amide bonds. The van der Waals surface area contributed by atoms with Gasteiger partial charge >= 0.3 is 0 Å². The molecule has 1 saturated heterocycles. The first-order valence-corrected chi connectivity index (χ1v) is 7.32. The maximum absolute atomic E-state index is 6.08. The van der Waals surface area contributed by atoms with Gasteiger partial charge in [0.2, 0.25) is 0 Å². The van der Waals surface area contributed by atoms with Crippen LogP contribution in [0.4, 0.5) is 5.69 Å². The molecule has 0 unspecified atom stereocenters. The molecule has 1 aliphatic heterocycles. The summed E-state index contributed by atoms with van der Waals surface area (Å²) in [5.41, 5.74) is 4.52. The first-order chi connectivity index (χ1) is 9.66. The van der Waals surface area contributed by atoms with Gasteiger partial charge < -0.3 is 10.2 Å². The number of rotatable bonds is 2. The Balaban J connectivity index is 2.02. The summed E-state index contributed by atoms with van der Waals surface area (Å²) in [6.07, 6.45) is 0. The van der Waals surface area contributed by atoms with E-state index in [0.717, 1.165) is 42.6 Å². The lowest BCUT2D eigenvalue weighted by Gasteiger charge is -2.29. The fourth-order valence-corrected chi connectivity index (χ4v) is 3.02. The molecule has 1 aromatic heterocycles. The van der Waals surface area contributed by atoms with Crippen LogP contribution in [0, 0.1) is 13.8 Å². The molecule has 2 heterocycles. The van der Waals surface area contributed by atoms with Crippen LogP contribution >= 0.6 is 11.6 Å². The van der Waals surface area contributed by atoms with Crippen LogP contribution < -0.4 is 10.2 Å². The molecule has 4 nitrogen and oxygen atoms in total. The minimum Gasteiger partial charge on any atom is -0.366 e. The van der Waals surface area contributed by atoms with Gasteiger partial charge in [-0.2, -0.15) is 5.10 Å². The minimum absolute atomic E-state index is 0.735. The van der Waals surface area contributed by atoms with Gasteiger partial charge in [-0.3, -0.25) is 0 Å². The fourth-order valence-electron chi connectivity index (χ4n) is 2.84. The van der Waals surface area contributed by atoms with E-state index in [9.17, 15) is 0 Å². The third-order valence-corrected chi connectivity index (χ3v) is 3.97. The smallest absolute Gasteiger partial charge is 0.0834 e. The topological polar surface area (TPSA) is 33.1 Å². The maximum Gasteiger partial charge on any atom is 0.0834 e. The molecule has 0 bridgehead atoms. The Labute approximate surface area is 124 Å². The van der Waals surface area contributed by atoms with E-state index in [1.807, 2.05) is 28.9 Å². The summed E-state index contributed by atoms with van der Waals surface area (Å²) in [7, 11) is 0. The molecule has 5 heteroatoms. The van der Waals surface area contributed by atoms with Crippen LogP contribution in [0.25, 0.3) is 5.69 Å². The maximum atomic E-state index is 6.08. The van der Waals surface area contributed by atoms with Crippen LogP contribution in [0.3, 0.4) is 0 Å². The Kier molecular flexibility index (Phi) is 3.68. The Morgan fingerprint density at radius 1 is 1.20 bits per heavy atom. The van der Waals surface area contributed by atoms with E-state index >= 15 is 0 Å². The molecule has 2 aromatic rings. The predicted octanol–water partition coefficient (Wildman–Crippen LogP) is 2.55. The van der Waals surface area contributed by atoms with Gasteiger partial charge in [0.1, 0.15) is 0 Å². The molecule has 0 aliphatic carbocycles. The van der Waals surface area contributed by atoms with Crippen LogP contribution in [0.15, 0.2) is 24.3 Å². The summed E-state index contributed by atoms with van der Waals surface area (Å²) in [6, 6.07) is 7.82. The number of halogens is 1. The summed E-state index contributed by atoms with van der Waals surface area (Å²) in [5.74, 6) is 0. The summed E-state index contributed by atoms with van der Waals surface area (Å²) in [5, 5.41) is 8.81. The van der Waals surface area contributed by atoms with Gasteiger partial charge in [-0.1, -0.05) is 17.7 Å². The highest BCUT2D eigenvalue weighted by Gasteiger charge is 2.20. The second kappa shape index (κ2) is 5.46. The summed E-state index contributed by atoms with van der Waals surface area (Å²) in [4.78, 5) is 2.41. The summed E-state index contributed by atoms with van der Waals surface area (Å²) >= 11 is 6.08. The molecule has 20 heavy (non-hydrogen) atoms. The third kappa shape index (κ3) is 2.41. The van der Waals surface area contributed by atoms with Crippen molar-refractivity contribution >= 4 is 17.3 Å². The molecule has 0 radical (unpaired) electrons. The van der Waals surface area contributed by atoms with E-state index in [2.05, 4.69) is 24.1 Å². The number of hydrogen-bond donors (Lipinski definition) is 1. The molecule has 1 aromatic carbocycles. The highest BCUT2D eigenvalue weighted by Crippen LogP contribution is 2.27. The highest BCUT2D eigenvalue weighted by molar-refractivity contribution is 6.30. The van der Waals surface area contributed by atoms with E-state index in [0.29, 0.717) is 0 Å². The number of nitrogens with one attached hydrogen (secondary N) is 1. The quantitative estimate of drug-likeness (QED) is 0.923. The number of nitrogens with zero attached hydrogens (tertiary/aromatic N) is 3. The van der Waals surface area contributed by atoms with E-state index in [-0.39, 0.29) is 0 Å². The number of benzene rings is 1. The number of aromatic nitrogens is 2. The minimum atomic E-state index is 0.735. The first-order valence-electron chi connectivity index (χ1n) is 6.94. The van der Waals surface area contributed by atoms with Gasteiger partial charge in [0.15, 0.2) is 0 Å². The zero-order chi connectivity index (χ0) is 14.1. The lowest BCUT2D eigenvalue weighted by atomic mass is 10.2. The molecule has 0 spiro atoms. The Hall–Kier alpha value is -1.52. The second-order valence-corrected chi connectivity index (χ2v) is 5.58. The van der Waals surface area contributed by atoms with Crippen molar-refractivity contribution in [3.05, 3.63) is 40.7 Å².